The first kappa shape index (κ1) is 11.7. The van der Waals surface area contributed by atoms with Crippen LogP contribution in [-0.2, 0) is 14.3 Å². The van der Waals surface area contributed by atoms with Gasteiger partial charge in [-0.2, -0.15) is 0 Å². The van der Waals surface area contributed by atoms with Crippen molar-refractivity contribution in [3.63, 3.8) is 0 Å². The maximum absolute atomic E-state index is 10.9. The predicted octanol–water partition coefficient (Wildman–Crippen LogP) is 1.65. The van der Waals surface area contributed by atoms with Gasteiger partial charge >= 0.3 is 5.97 Å². The Bertz CT molecular complexity index is 404. The van der Waals surface area contributed by atoms with Crippen molar-refractivity contribution in [1.82, 2.24) is 0 Å². The largest absolute Gasteiger partial charge is 0.491 e. The van der Waals surface area contributed by atoms with E-state index in [0.29, 0.717) is 6.61 Å². The van der Waals surface area contributed by atoms with Gasteiger partial charge in [0.05, 0.1) is 13.7 Å². The van der Waals surface area contributed by atoms with Crippen LogP contribution in [-0.4, -0.2) is 32.4 Å². The highest BCUT2D eigenvalue weighted by molar-refractivity contribution is 5.86. The molecular formula is C13H14O4. The average Bonchev–Trinajstić information content (AvgIpc) is 3.18. The summed E-state index contributed by atoms with van der Waals surface area (Å²) in [7, 11) is 1.35. The molecule has 4 heteroatoms. The molecule has 1 aliphatic rings. The number of rotatable bonds is 5. The number of hydrogen-bond acceptors (Lipinski definition) is 4. The summed E-state index contributed by atoms with van der Waals surface area (Å²) in [6.45, 7) is 1.39. The molecule has 2 rings (SSSR count). The number of carbonyl (C=O) groups is 1. The minimum Gasteiger partial charge on any atom is -0.491 e. The van der Waals surface area contributed by atoms with Gasteiger partial charge in [-0.05, 0) is 23.8 Å². The Hall–Kier alpha value is -1.81. The highest BCUT2D eigenvalue weighted by atomic mass is 16.6. The minimum atomic E-state index is -0.365. The molecule has 90 valence electrons. The number of methoxy groups -OCH3 is 1. The van der Waals surface area contributed by atoms with Crippen LogP contribution in [0.3, 0.4) is 0 Å². The van der Waals surface area contributed by atoms with Gasteiger partial charge in [-0.1, -0.05) is 12.1 Å². The van der Waals surface area contributed by atoms with Crippen molar-refractivity contribution in [2.24, 2.45) is 0 Å². The Morgan fingerprint density at radius 2 is 2.18 bits per heavy atom. The molecule has 1 saturated heterocycles. The molecule has 0 saturated carbocycles. The van der Waals surface area contributed by atoms with E-state index in [-0.39, 0.29) is 12.1 Å². The zero-order chi connectivity index (χ0) is 12.1. The lowest BCUT2D eigenvalue weighted by Crippen LogP contribution is -2.03. The second kappa shape index (κ2) is 5.50. The standard InChI is InChI=1S/C13H14O4/c1-15-13(14)7-4-10-2-5-11(6-3-10)16-8-12-9-17-12/h2-7,12H,8-9H2,1H3/b7-4+. The van der Waals surface area contributed by atoms with E-state index in [2.05, 4.69) is 4.74 Å². The van der Waals surface area contributed by atoms with Crippen molar-refractivity contribution in [3.8, 4) is 5.75 Å². The van der Waals surface area contributed by atoms with Gasteiger partial charge in [0.2, 0.25) is 0 Å². The van der Waals surface area contributed by atoms with Gasteiger partial charge in [0, 0.05) is 6.08 Å². The van der Waals surface area contributed by atoms with Crippen LogP contribution in [0.5, 0.6) is 5.75 Å². The van der Waals surface area contributed by atoms with Gasteiger partial charge in [0.1, 0.15) is 18.5 Å². The number of ether oxygens (including phenoxy) is 3. The number of hydrogen-bond donors (Lipinski definition) is 0. The molecule has 0 amide bonds. The monoisotopic (exact) mass is 234 g/mol. The van der Waals surface area contributed by atoms with E-state index in [1.807, 2.05) is 24.3 Å². The Balaban J connectivity index is 1.87. The molecule has 1 fully saturated rings. The topological polar surface area (TPSA) is 48.1 Å². The second-order valence-corrected chi connectivity index (χ2v) is 3.69. The van der Waals surface area contributed by atoms with Crippen LogP contribution in [0.4, 0.5) is 0 Å². The van der Waals surface area contributed by atoms with Gasteiger partial charge in [-0.25, -0.2) is 4.79 Å². The fourth-order valence-corrected chi connectivity index (χ4v) is 1.26. The lowest BCUT2D eigenvalue weighted by atomic mass is 10.2. The fraction of sp³-hybridized carbons (Fsp3) is 0.308. The molecule has 0 spiro atoms. The normalized spacial score (nSPS) is 18.1. The summed E-state index contributed by atoms with van der Waals surface area (Å²) in [5, 5.41) is 0. The number of carbonyl (C=O) groups excluding carboxylic acids is 1. The lowest BCUT2D eigenvalue weighted by Gasteiger charge is -2.03. The van der Waals surface area contributed by atoms with Gasteiger partial charge in [-0.15, -0.1) is 0 Å². The third-order valence-corrected chi connectivity index (χ3v) is 2.33. The summed E-state index contributed by atoms with van der Waals surface area (Å²) in [6, 6.07) is 7.48. The Labute approximate surface area is 99.8 Å². The van der Waals surface area contributed by atoms with Crippen LogP contribution >= 0.6 is 0 Å². The van der Waals surface area contributed by atoms with E-state index in [1.165, 1.54) is 13.2 Å². The van der Waals surface area contributed by atoms with E-state index < -0.39 is 0 Å². The fourth-order valence-electron chi connectivity index (χ4n) is 1.26. The Morgan fingerprint density at radius 3 is 2.76 bits per heavy atom. The molecule has 0 radical (unpaired) electrons. The van der Waals surface area contributed by atoms with E-state index >= 15 is 0 Å². The summed E-state index contributed by atoms with van der Waals surface area (Å²) in [6.07, 6.45) is 3.34. The first-order valence-corrected chi connectivity index (χ1v) is 5.38. The summed E-state index contributed by atoms with van der Waals surface area (Å²) >= 11 is 0. The zero-order valence-corrected chi connectivity index (χ0v) is 9.59. The van der Waals surface area contributed by atoms with E-state index in [4.69, 9.17) is 9.47 Å². The molecule has 0 N–H and O–H groups in total. The minimum absolute atomic E-state index is 0.258. The van der Waals surface area contributed by atoms with Gasteiger partial charge < -0.3 is 14.2 Å². The molecule has 0 aromatic heterocycles. The van der Waals surface area contributed by atoms with Gasteiger partial charge in [0.15, 0.2) is 0 Å². The van der Waals surface area contributed by atoms with E-state index in [1.54, 1.807) is 6.08 Å². The maximum Gasteiger partial charge on any atom is 0.330 e. The number of benzene rings is 1. The van der Waals surface area contributed by atoms with E-state index in [0.717, 1.165) is 17.9 Å². The van der Waals surface area contributed by atoms with Crippen LogP contribution in [0.2, 0.25) is 0 Å². The van der Waals surface area contributed by atoms with Crippen LogP contribution in [0.25, 0.3) is 6.08 Å². The number of epoxide rings is 1. The van der Waals surface area contributed by atoms with Crippen molar-refractivity contribution in [3.05, 3.63) is 35.9 Å². The first-order chi connectivity index (χ1) is 8.28. The summed E-state index contributed by atoms with van der Waals surface area (Å²) in [5.74, 6) is 0.437. The third kappa shape index (κ3) is 3.92. The van der Waals surface area contributed by atoms with Gasteiger partial charge in [0.25, 0.3) is 0 Å². The third-order valence-electron chi connectivity index (χ3n) is 2.33. The Morgan fingerprint density at radius 1 is 1.47 bits per heavy atom. The van der Waals surface area contributed by atoms with Crippen molar-refractivity contribution >= 4 is 12.0 Å². The molecule has 1 aromatic carbocycles. The lowest BCUT2D eigenvalue weighted by molar-refractivity contribution is -0.134. The van der Waals surface area contributed by atoms with Crippen LogP contribution in [0.15, 0.2) is 30.3 Å². The van der Waals surface area contributed by atoms with Crippen molar-refractivity contribution in [2.45, 2.75) is 6.10 Å². The van der Waals surface area contributed by atoms with Crippen molar-refractivity contribution < 1.29 is 19.0 Å². The molecule has 1 atom stereocenters. The smallest absolute Gasteiger partial charge is 0.330 e. The molecule has 1 aromatic rings. The quantitative estimate of drug-likeness (QED) is 0.441. The molecule has 1 heterocycles. The van der Waals surface area contributed by atoms with Gasteiger partial charge in [-0.3, -0.25) is 0 Å². The molecule has 17 heavy (non-hydrogen) atoms. The SMILES string of the molecule is COC(=O)/C=C/c1ccc(OCC2CO2)cc1. The number of esters is 1. The molecule has 1 unspecified atom stereocenters. The molecular weight excluding hydrogens is 220 g/mol. The zero-order valence-electron chi connectivity index (χ0n) is 9.59. The van der Waals surface area contributed by atoms with Crippen LogP contribution in [0.1, 0.15) is 5.56 Å². The molecule has 1 aliphatic heterocycles. The highest BCUT2D eigenvalue weighted by Gasteiger charge is 2.22. The summed E-state index contributed by atoms with van der Waals surface area (Å²) < 4.78 is 15.0. The summed E-state index contributed by atoms with van der Waals surface area (Å²) in [4.78, 5) is 10.9. The first-order valence-electron chi connectivity index (χ1n) is 5.38. The maximum atomic E-state index is 10.9. The molecule has 4 nitrogen and oxygen atoms in total. The van der Waals surface area contributed by atoms with Crippen LogP contribution in [0, 0.1) is 0 Å². The van der Waals surface area contributed by atoms with Crippen molar-refractivity contribution in [2.75, 3.05) is 20.3 Å². The Kier molecular flexibility index (Phi) is 3.77. The van der Waals surface area contributed by atoms with E-state index in [9.17, 15) is 4.79 Å². The summed E-state index contributed by atoms with van der Waals surface area (Å²) in [5.41, 5.74) is 0.922. The average molecular weight is 234 g/mol. The van der Waals surface area contributed by atoms with Crippen molar-refractivity contribution in [1.29, 1.82) is 0 Å². The molecule has 0 aliphatic carbocycles. The molecule has 0 bridgehead atoms. The van der Waals surface area contributed by atoms with Crippen LogP contribution < -0.4 is 4.74 Å². The highest BCUT2D eigenvalue weighted by Crippen LogP contribution is 2.16. The second-order valence-electron chi connectivity index (χ2n) is 3.69. The predicted molar refractivity (Wildman–Crippen MR) is 62.7 cm³/mol.